The van der Waals surface area contributed by atoms with Crippen LogP contribution >= 0.6 is 0 Å². The normalized spacial score (nSPS) is 26.1. The lowest BCUT2D eigenvalue weighted by atomic mass is 9.94. The molecule has 18 heavy (non-hydrogen) atoms. The minimum atomic E-state index is 0.271. The molecule has 0 radical (unpaired) electrons. The number of rotatable bonds is 7. The second kappa shape index (κ2) is 5.72. The topological polar surface area (TPSA) is 30.5 Å². The maximum absolute atomic E-state index is 5.46. The molecule has 3 nitrogen and oxygen atoms in total. The summed E-state index contributed by atoms with van der Waals surface area (Å²) in [5, 5.41) is 3.44. The van der Waals surface area contributed by atoms with E-state index in [2.05, 4.69) is 24.4 Å². The van der Waals surface area contributed by atoms with Crippen LogP contribution in [0, 0.1) is 5.92 Å². The SMILES string of the molecule is COCCNCC1CC1(C)c1ccccc1OC. The fourth-order valence-electron chi connectivity index (χ4n) is 2.65. The zero-order valence-corrected chi connectivity index (χ0v) is 11.5. The quantitative estimate of drug-likeness (QED) is 0.752. The van der Waals surface area contributed by atoms with Crippen molar-refractivity contribution in [3.8, 4) is 5.75 Å². The van der Waals surface area contributed by atoms with Crippen molar-refractivity contribution < 1.29 is 9.47 Å². The Morgan fingerprint density at radius 1 is 1.33 bits per heavy atom. The zero-order chi connectivity index (χ0) is 13.0. The molecule has 2 rings (SSSR count). The Morgan fingerprint density at radius 3 is 2.83 bits per heavy atom. The van der Waals surface area contributed by atoms with Gasteiger partial charge in [0.15, 0.2) is 0 Å². The highest BCUT2D eigenvalue weighted by atomic mass is 16.5. The number of methoxy groups -OCH3 is 2. The predicted octanol–water partition coefficient (Wildman–Crippen LogP) is 2.21. The molecule has 0 heterocycles. The van der Waals surface area contributed by atoms with Gasteiger partial charge in [-0.15, -0.1) is 0 Å². The average Bonchev–Trinajstić information content (AvgIpc) is 3.07. The lowest BCUT2D eigenvalue weighted by Gasteiger charge is -2.16. The van der Waals surface area contributed by atoms with Gasteiger partial charge in [0, 0.05) is 24.6 Å². The van der Waals surface area contributed by atoms with Crippen LogP contribution in [0.2, 0.25) is 0 Å². The molecule has 2 atom stereocenters. The van der Waals surface area contributed by atoms with Gasteiger partial charge in [0.2, 0.25) is 0 Å². The van der Waals surface area contributed by atoms with Crippen molar-refractivity contribution in [2.45, 2.75) is 18.8 Å². The third kappa shape index (κ3) is 2.68. The Hall–Kier alpha value is -1.06. The molecule has 1 aliphatic rings. The number of hydrogen-bond acceptors (Lipinski definition) is 3. The number of benzene rings is 1. The van der Waals surface area contributed by atoms with Gasteiger partial charge in [-0.2, -0.15) is 0 Å². The molecule has 0 saturated heterocycles. The Balaban J connectivity index is 1.93. The van der Waals surface area contributed by atoms with Gasteiger partial charge in [-0.3, -0.25) is 0 Å². The van der Waals surface area contributed by atoms with Gasteiger partial charge in [-0.25, -0.2) is 0 Å². The van der Waals surface area contributed by atoms with Crippen LogP contribution in [-0.4, -0.2) is 33.9 Å². The molecule has 100 valence electrons. The van der Waals surface area contributed by atoms with Crippen LogP contribution in [0.1, 0.15) is 18.9 Å². The maximum Gasteiger partial charge on any atom is 0.122 e. The smallest absolute Gasteiger partial charge is 0.122 e. The minimum Gasteiger partial charge on any atom is -0.496 e. The van der Waals surface area contributed by atoms with Crippen LogP contribution < -0.4 is 10.1 Å². The van der Waals surface area contributed by atoms with Crippen LogP contribution in [0.15, 0.2) is 24.3 Å². The van der Waals surface area contributed by atoms with Crippen molar-refractivity contribution in [1.82, 2.24) is 5.32 Å². The summed E-state index contributed by atoms with van der Waals surface area (Å²) < 4.78 is 10.5. The molecule has 1 aromatic carbocycles. The Bertz CT molecular complexity index is 394. The lowest BCUT2D eigenvalue weighted by molar-refractivity contribution is 0.199. The molecule has 0 bridgehead atoms. The van der Waals surface area contributed by atoms with Crippen LogP contribution in [0.4, 0.5) is 0 Å². The van der Waals surface area contributed by atoms with Crippen molar-refractivity contribution >= 4 is 0 Å². The molecule has 1 saturated carbocycles. The largest absolute Gasteiger partial charge is 0.496 e. The van der Waals surface area contributed by atoms with Gasteiger partial charge in [-0.1, -0.05) is 25.1 Å². The second-order valence-corrected chi connectivity index (χ2v) is 5.22. The second-order valence-electron chi connectivity index (χ2n) is 5.22. The van der Waals surface area contributed by atoms with Crippen LogP contribution in [-0.2, 0) is 10.2 Å². The third-order valence-electron chi connectivity index (χ3n) is 4.01. The Kier molecular flexibility index (Phi) is 4.25. The standard InChI is InChI=1S/C15H23NO2/c1-15(10-12(15)11-16-8-9-17-2)13-6-4-5-7-14(13)18-3/h4-7,12,16H,8-11H2,1-3H3. The minimum absolute atomic E-state index is 0.271. The number of ether oxygens (including phenoxy) is 2. The summed E-state index contributed by atoms with van der Waals surface area (Å²) in [6.45, 7) is 5.08. The van der Waals surface area contributed by atoms with E-state index in [4.69, 9.17) is 9.47 Å². The van der Waals surface area contributed by atoms with Crippen LogP contribution in [0.25, 0.3) is 0 Å². The molecule has 1 fully saturated rings. The highest BCUT2D eigenvalue weighted by Crippen LogP contribution is 2.55. The van der Waals surface area contributed by atoms with Crippen molar-refractivity contribution in [2.75, 3.05) is 33.9 Å². The molecule has 1 N–H and O–H groups in total. The molecule has 2 unspecified atom stereocenters. The van der Waals surface area contributed by atoms with E-state index in [0.29, 0.717) is 5.92 Å². The zero-order valence-electron chi connectivity index (χ0n) is 11.5. The van der Waals surface area contributed by atoms with Crippen LogP contribution in [0.3, 0.4) is 0 Å². The molecule has 1 aliphatic carbocycles. The van der Waals surface area contributed by atoms with Gasteiger partial charge >= 0.3 is 0 Å². The van der Waals surface area contributed by atoms with Gasteiger partial charge in [0.25, 0.3) is 0 Å². The summed E-state index contributed by atoms with van der Waals surface area (Å²) in [4.78, 5) is 0. The first-order valence-electron chi connectivity index (χ1n) is 6.55. The van der Waals surface area contributed by atoms with E-state index >= 15 is 0 Å². The van der Waals surface area contributed by atoms with Gasteiger partial charge < -0.3 is 14.8 Å². The molecule has 0 aliphatic heterocycles. The number of hydrogen-bond donors (Lipinski definition) is 1. The highest BCUT2D eigenvalue weighted by Gasteiger charge is 2.51. The van der Waals surface area contributed by atoms with Crippen molar-refractivity contribution in [2.24, 2.45) is 5.92 Å². The fourth-order valence-corrected chi connectivity index (χ4v) is 2.65. The summed E-state index contributed by atoms with van der Waals surface area (Å²) in [5.41, 5.74) is 1.61. The summed E-state index contributed by atoms with van der Waals surface area (Å²) in [5.74, 6) is 1.71. The van der Waals surface area contributed by atoms with Gasteiger partial charge in [0.05, 0.1) is 13.7 Å². The summed E-state index contributed by atoms with van der Waals surface area (Å²) in [6, 6.07) is 8.36. The molecular formula is C15H23NO2. The predicted molar refractivity (Wildman–Crippen MR) is 73.2 cm³/mol. The number of para-hydroxylation sites is 1. The molecule has 3 heteroatoms. The van der Waals surface area contributed by atoms with E-state index in [1.165, 1.54) is 12.0 Å². The summed E-state index contributed by atoms with van der Waals surface area (Å²) in [7, 11) is 3.48. The highest BCUT2D eigenvalue weighted by molar-refractivity contribution is 5.43. The van der Waals surface area contributed by atoms with E-state index < -0.39 is 0 Å². The number of nitrogens with one attached hydrogen (secondary N) is 1. The molecular weight excluding hydrogens is 226 g/mol. The van der Waals surface area contributed by atoms with E-state index in [9.17, 15) is 0 Å². The maximum atomic E-state index is 5.46. The summed E-state index contributed by atoms with van der Waals surface area (Å²) in [6.07, 6.45) is 1.23. The molecule has 0 amide bonds. The summed E-state index contributed by atoms with van der Waals surface area (Å²) >= 11 is 0. The van der Waals surface area contributed by atoms with Gasteiger partial charge in [0.1, 0.15) is 5.75 Å². The van der Waals surface area contributed by atoms with Gasteiger partial charge in [-0.05, 0) is 24.9 Å². The van der Waals surface area contributed by atoms with Crippen molar-refractivity contribution in [3.63, 3.8) is 0 Å². The van der Waals surface area contributed by atoms with E-state index in [1.54, 1.807) is 14.2 Å². The Morgan fingerprint density at radius 2 is 2.11 bits per heavy atom. The third-order valence-corrected chi connectivity index (χ3v) is 4.01. The lowest BCUT2D eigenvalue weighted by Crippen LogP contribution is -2.24. The first-order valence-corrected chi connectivity index (χ1v) is 6.55. The fraction of sp³-hybridized carbons (Fsp3) is 0.600. The average molecular weight is 249 g/mol. The molecule has 0 aromatic heterocycles. The van der Waals surface area contributed by atoms with E-state index in [1.807, 2.05) is 12.1 Å². The first kappa shape index (κ1) is 13.4. The van der Waals surface area contributed by atoms with Crippen molar-refractivity contribution in [1.29, 1.82) is 0 Å². The molecule has 0 spiro atoms. The molecule has 1 aromatic rings. The Labute approximate surface area is 109 Å². The monoisotopic (exact) mass is 249 g/mol. The first-order chi connectivity index (χ1) is 8.72. The van der Waals surface area contributed by atoms with Crippen LogP contribution in [0.5, 0.6) is 5.75 Å². The van der Waals surface area contributed by atoms with E-state index in [-0.39, 0.29) is 5.41 Å². The van der Waals surface area contributed by atoms with Crippen molar-refractivity contribution in [3.05, 3.63) is 29.8 Å². The van der Waals surface area contributed by atoms with E-state index in [0.717, 1.165) is 25.4 Å².